The molecule has 0 aliphatic rings. The Kier molecular flexibility index (Phi) is 3.25. The highest BCUT2D eigenvalue weighted by atomic mass is 79.9. The largest absolute Gasteiger partial charge is 0.346 e. The normalized spacial score (nSPS) is 11.0. The number of pyridine rings is 1. The van der Waals surface area contributed by atoms with E-state index in [4.69, 9.17) is 0 Å². The molecule has 3 aromatic rings. The molecular weight excluding hydrogens is 304 g/mol. The smallest absolute Gasteiger partial charge is 0.250 e. The van der Waals surface area contributed by atoms with Crippen LogP contribution in [0.1, 0.15) is 0 Å². The molecule has 0 atom stereocenters. The van der Waals surface area contributed by atoms with Crippen LogP contribution in [0.4, 0.5) is 0 Å². The Balaban J connectivity index is 1.88. The lowest BCUT2D eigenvalue weighted by Crippen LogP contribution is -2.20. The molecule has 0 radical (unpaired) electrons. The zero-order chi connectivity index (χ0) is 13.2. The summed E-state index contributed by atoms with van der Waals surface area (Å²) in [6.07, 6.45) is 3.88. The molecule has 0 amide bonds. The molecule has 0 aliphatic carbocycles. The number of halogens is 1. The van der Waals surface area contributed by atoms with Crippen molar-refractivity contribution in [3.05, 3.63) is 69.7 Å². The van der Waals surface area contributed by atoms with Crippen molar-refractivity contribution in [3.8, 4) is 0 Å². The van der Waals surface area contributed by atoms with Crippen LogP contribution in [0.15, 0.2) is 64.1 Å². The van der Waals surface area contributed by atoms with E-state index in [9.17, 15) is 4.79 Å². The van der Waals surface area contributed by atoms with Gasteiger partial charge in [-0.1, -0.05) is 28.1 Å². The monoisotopic (exact) mass is 316 g/mol. The van der Waals surface area contributed by atoms with E-state index in [0.29, 0.717) is 6.54 Å². The number of fused-ring (bicyclic) bond motifs is 1. The van der Waals surface area contributed by atoms with Crippen LogP contribution in [0.25, 0.3) is 10.9 Å². The molecule has 2 aromatic heterocycles. The first kappa shape index (κ1) is 12.2. The summed E-state index contributed by atoms with van der Waals surface area (Å²) in [5.41, 5.74) is 1.22. The van der Waals surface area contributed by atoms with E-state index in [0.717, 1.165) is 11.0 Å². The van der Waals surface area contributed by atoms with Gasteiger partial charge in [-0.2, -0.15) is 0 Å². The summed E-state index contributed by atoms with van der Waals surface area (Å²) in [5.74, 6) is 0. The number of hydrogen-bond donors (Lipinski definition) is 0. The molecule has 3 rings (SSSR count). The molecule has 2 heterocycles. The van der Waals surface area contributed by atoms with Crippen LogP contribution in [0, 0.1) is 0 Å². The van der Waals surface area contributed by atoms with Gasteiger partial charge in [0.2, 0.25) is 0 Å². The van der Waals surface area contributed by atoms with Crippen LogP contribution in [-0.2, 0) is 13.1 Å². The number of aryl methyl sites for hydroxylation is 2. The number of aromatic nitrogens is 2. The van der Waals surface area contributed by atoms with Crippen molar-refractivity contribution in [1.82, 2.24) is 9.13 Å². The van der Waals surface area contributed by atoms with Crippen LogP contribution in [0.2, 0.25) is 0 Å². The third-order valence-corrected chi connectivity index (χ3v) is 3.71. The van der Waals surface area contributed by atoms with Gasteiger partial charge in [0.15, 0.2) is 0 Å². The Bertz CT molecular complexity index is 773. The summed E-state index contributed by atoms with van der Waals surface area (Å²) in [4.78, 5) is 11.6. The third kappa shape index (κ3) is 2.49. The maximum atomic E-state index is 11.6. The second-order valence-corrected chi connectivity index (χ2v) is 5.36. The predicted octanol–water partition coefficient (Wildman–Crippen LogP) is 3.27. The van der Waals surface area contributed by atoms with Crippen molar-refractivity contribution in [3.63, 3.8) is 0 Å². The van der Waals surface area contributed by atoms with Crippen LogP contribution >= 0.6 is 15.9 Å². The second kappa shape index (κ2) is 5.05. The average Bonchev–Trinajstić information content (AvgIpc) is 2.80. The Labute approximate surface area is 119 Å². The van der Waals surface area contributed by atoms with Crippen LogP contribution < -0.4 is 5.56 Å². The Morgan fingerprint density at radius 1 is 0.947 bits per heavy atom. The van der Waals surface area contributed by atoms with Gasteiger partial charge in [0, 0.05) is 41.5 Å². The Morgan fingerprint density at radius 3 is 2.63 bits per heavy atom. The fraction of sp³-hybridized carbons (Fsp3) is 0.133. The van der Waals surface area contributed by atoms with Gasteiger partial charge in [-0.05, 0) is 29.7 Å². The molecule has 0 unspecified atom stereocenters. The van der Waals surface area contributed by atoms with Gasteiger partial charge in [-0.15, -0.1) is 0 Å². The first-order valence-corrected chi connectivity index (χ1v) is 6.93. The fourth-order valence-corrected chi connectivity index (χ4v) is 2.56. The summed E-state index contributed by atoms with van der Waals surface area (Å²) in [7, 11) is 0. The minimum absolute atomic E-state index is 0.0418. The van der Waals surface area contributed by atoms with E-state index in [2.05, 4.69) is 44.9 Å². The lowest BCUT2D eigenvalue weighted by Gasteiger charge is -2.08. The first-order chi connectivity index (χ1) is 9.24. The van der Waals surface area contributed by atoms with E-state index in [1.165, 1.54) is 10.9 Å². The average molecular weight is 317 g/mol. The number of hydrogen-bond acceptors (Lipinski definition) is 1. The summed E-state index contributed by atoms with van der Waals surface area (Å²) >= 11 is 3.49. The molecule has 0 N–H and O–H groups in total. The predicted molar refractivity (Wildman–Crippen MR) is 80.3 cm³/mol. The van der Waals surface area contributed by atoms with Gasteiger partial charge >= 0.3 is 0 Å². The minimum atomic E-state index is 0.0418. The molecule has 0 fully saturated rings. The SMILES string of the molecule is O=c1ccccn1CCn1ccc2ccc(Br)cc21. The lowest BCUT2D eigenvalue weighted by atomic mass is 10.2. The molecule has 0 bridgehead atoms. The van der Waals surface area contributed by atoms with Crippen molar-refractivity contribution < 1.29 is 0 Å². The standard InChI is InChI=1S/C15H13BrN2O/c16-13-5-4-12-6-8-17(14(12)11-13)9-10-18-7-2-1-3-15(18)19/h1-8,11H,9-10H2. The number of nitrogens with zero attached hydrogens (tertiary/aromatic N) is 2. The topological polar surface area (TPSA) is 26.9 Å². The zero-order valence-electron chi connectivity index (χ0n) is 10.3. The zero-order valence-corrected chi connectivity index (χ0v) is 11.9. The Morgan fingerprint density at radius 2 is 1.79 bits per heavy atom. The third-order valence-electron chi connectivity index (χ3n) is 3.22. The summed E-state index contributed by atoms with van der Waals surface area (Å²) in [6.45, 7) is 1.46. The maximum Gasteiger partial charge on any atom is 0.250 e. The maximum absolute atomic E-state index is 11.6. The van der Waals surface area contributed by atoms with Gasteiger partial charge < -0.3 is 9.13 Å². The molecule has 0 spiro atoms. The first-order valence-electron chi connectivity index (χ1n) is 6.14. The van der Waals surface area contributed by atoms with Gasteiger partial charge in [-0.3, -0.25) is 4.79 Å². The van der Waals surface area contributed by atoms with Gasteiger partial charge in [-0.25, -0.2) is 0 Å². The molecule has 96 valence electrons. The summed E-state index contributed by atoms with van der Waals surface area (Å²) < 4.78 is 4.96. The van der Waals surface area contributed by atoms with Crippen molar-refractivity contribution >= 4 is 26.8 Å². The molecule has 0 saturated carbocycles. The van der Waals surface area contributed by atoms with Gasteiger partial charge in [0.25, 0.3) is 5.56 Å². The highest BCUT2D eigenvalue weighted by molar-refractivity contribution is 9.10. The Hall–Kier alpha value is -1.81. The van der Waals surface area contributed by atoms with E-state index < -0.39 is 0 Å². The highest BCUT2D eigenvalue weighted by Gasteiger charge is 2.02. The van der Waals surface area contributed by atoms with E-state index in [1.807, 2.05) is 18.3 Å². The molecule has 0 aliphatic heterocycles. The van der Waals surface area contributed by atoms with Crippen molar-refractivity contribution in [1.29, 1.82) is 0 Å². The fourth-order valence-electron chi connectivity index (χ4n) is 2.21. The van der Waals surface area contributed by atoms with E-state index >= 15 is 0 Å². The van der Waals surface area contributed by atoms with Crippen molar-refractivity contribution in [2.75, 3.05) is 0 Å². The van der Waals surface area contributed by atoms with Crippen LogP contribution in [0.5, 0.6) is 0 Å². The summed E-state index contributed by atoms with van der Waals surface area (Å²) in [5, 5.41) is 1.21. The molecule has 1 aromatic carbocycles. The minimum Gasteiger partial charge on any atom is -0.346 e. The summed E-state index contributed by atoms with van der Waals surface area (Å²) in [6, 6.07) is 13.6. The van der Waals surface area contributed by atoms with Crippen LogP contribution in [0.3, 0.4) is 0 Å². The molecule has 3 nitrogen and oxygen atoms in total. The van der Waals surface area contributed by atoms with Gasteiger partial charge in [0.05, 0.1) is 0 Å². The lowest BCUT2D eigenvalue weighted by molar-refractivity contribution is 0.577. The van der Waals surface area contributed by atoms with E-state index in [-0.39, 0.29) is 5.56 Å². The molecule has 19 heavy (non-hydrogen) atoms. The van der Waals surface area contributed by atoms with Crippen molar-refractivity contribution in [2.24, 2.45) is 0 Å². The number of benzene rings is 1. The quantitative estimate of drug-likeness (QED) is 0.728. The second-order valence-electron chi connectivity index (χ2n) is 4.44. The number of rotatable bonds is 3. The molecular formula is C15H13BrN2O. The van der Waals surface area contributed by atoms with Gasteiger partial charge in [0.1, 0.15) is 0 Å². The van der Waals surface area contributed by atoms with Crippen molar-refractivity contribution in [2.45, 2.75) is 13.1 Å². The van der Waals surface area contributed by atoms with Crippen LogP contribution in [-0.4, -0.2) is 9.13 Å². The highest BCUT2D eigenvalue weighted by Crippen LogP contribution is 2.20. The molecule has 0 saturated heterocycles. The molecule has 4 heteroatoms. The van der Waals surface area contributed by atoms with E-state index in [1.54, 1.807) is 16.7 Å².